The summed E-state index contributed by atoms with van der Waals surface area (Å²) in [5.41, 5.74) is 4.69. The molecule has 5 nitrogen and oxygen atoms in total. The SMILES string of the molecule is c1ccc(-c2cnc([C@@H]3COCCN3Cc3c[nH]c4ccccc34)[nH]2)cc1. The van der Waals surface area contributed by atoms with Gasteiger partial charge in [-0.05, 0) is 17.2 Å². The lowest BCUT2D eigenvalue weighted by atomic mass is 10.1. The molecule has 1 aliphatic rings. The third-order valence-electron chi connectivity index (χ3n) is 5.28. The van der Waals surface area contributed by atoms with Gasteiger partial charge in [-0.2, -0.15) is 0 Å². The van der Waals surface area contributed by atoms with Crippen molar-refractivity contribution in [3.8, 4) is 11.3 Å². The van der Waals surface area contributed by atoms with Gasteiger partial charge in [-0.1, -0.05) is 48.5 Å². The Bertz CT molecular complexity index is 1040. The van der Waals surface area contributed by atoms with Crippen LogP contribution in [0, 0.1) is 0 Å². The summed E-state index contributed by atoms with van der Waals surface area (Å²) in [7, 11) is 0. The Hall–Kier alpha value is -2.89. The third kappa shape index (κ3) is 3.16. The first-order chi connectivity index (χ1) is 13.4. The minimum Gasteiger partial charge on any atom is -0.378 e. The standard InChI is InChI=1S/C22H22N4O/c1-2-6-16(7-3-1)20-13-24-22(25-20)21-15-27-11-10-26(21)14-17-12-23-19-9-5-4-8-18(17)19/h1-9,12-13,21,23H,10-11,14-15H2,(H,24,25)/t21-/m0/s1. The molecule has 27 heavy (non-hydrogen) atoms. The molecular formula is C22H22N4O. The predicted molar refractivity (Wildman–Crippen MR) is 106 cm³/mol. The van der Waals surface area contributed by atoms with Crippen LogP contribution in [-0.4, -0.2) is 39.6 Å². The van der Waals surface area contributed by atoms with Gasteiger partial charge >= 0.3 is 0 Å². The lowest BCUT2D eigenvalue weighted by Crippen LogP contribution is -2.39. The lowest BCUT2D eigenvalue weighted by Gasteiger charge is -2.34. The van der Waals surface area contributed by atoms with Gasteiger partial charge in [0.15, 0.2) is 0 Å². The van der Waals surface area contributed by atoms with Crippen molar-refractivity contribution in [2.75, 3.05) is 19.8 Å². The molecule has 1 aliphatic heterocycles. The molecule has 1 fully saturated rings. The fraction of sp³-hybridized carbons (Fsp3) is 0.227. The highest BCUT2D eigenvalue weighted by atomic mass is 16.5. The molecule has 4 aromatic rings. The molecule has 2 N–H and O–H groups in total. The quantitative estimate of drug-likeness (QED) is 0.577. The molecule has 2 aromatic carbocycles. The highest BCUT2D eigenvalue weighted by Crippen LogP contribution is 2.28. The molecule has 0 aliphatic carbocycles. The molecule has 0 radical (unpaired) electrons. The summed E-state index contributed by atoms with van der Waals surface area (Å²) >= 11 is 0. The number of nitrogens with zero attached hydrogens (tertiary/aromatic N) is 2. The van der Waals surface area contributed by atoms with E-state index in [1.807, 2.05) is 24.4 Å². The number of ether oxygens (including phenoxy) is 1. The number of rotatable bonds is 4. The number of H-pyrrole nitrogens is 2. The number of hydrogen-bond donors (Lipinski definition) is 2. The summed E-state index contributed by atoms with van der Waals surface area (Å²) in [4.78, 5) is 14.0. The van der Waals surface area contributed by atoms with E-state index in [4.69, 9.17) is 4.74 Å². The van der Waals surface area contributed by atoms with E-state index >= 15 is 0 Å². The second-order valence-electron chi connectivity index (χ2n) is 6.97. The molecule has 1 atom stereocenters. The Labute approximate surface area is 158 Å². The molecule has 5 rings (SSSR count). The van der Waals surface area contributed by atoms with Gasteiger partial charge in [-0.3, -0.25) is 4.90 Å². The van der Waals surface area contributed by atoms with Gasteiger partial charge in [-0.15, -0.1) is 0 Å². The third-order valence-corrected chi connectivity index (χ3v) is 5.28. The van der Waals surface area contributed by atoms with Crippen LogP contribution in [0.1, 0.15) is 17.4 Å². The van der Waals surface area contributed by atoms with Crippen LogP contribution >= 0.6 is 0 Å². The number of nitrogens with one attached hydrogen (secondary N) is 2. The minimum atomic E-state index is 0.130. The van der Waals surface area contributed by atoms with E-state index in [1.54, 1.807) is 0 Å². The van der Waals surface area contributed by atoms with E-state index in [-0.39, 0.29) is 6.04 Å². The maximum atomic E-state index is 5.78. The molecule has 0 bridgehead atoms. The maximum absolute atomic E-state index is 5.78. The molecule has 0 saturated carbocycles. The summed E-state index contributed by atoms with van der Waals surface area (Å²) in [5.74, 6) is 0.966. The zero-order valence-electron chi connectivity index (χ0n) is 15.1. The normalized spacial score (nSPS) is 18.1. The van der Waals surface area contributed by atoms with Gasteiger partial charge in [0, 0.05) is 30.2 Å². The van der Waals surface area contributed by atoms with Gasteiger partial charge < -0.3 is 14.7 Å². The van der Waals surface area contributed by atoms with Crippen molar-refractivity contribution < 1.29 is 4.74 Å². The summed E-state index contributed by atoms with van der Waals surface area (Å²) in [6.45, 7) is 3.18. The van der Waals surface area contributed by atoms with Crippen LogP contribution in [0.25, 0.3) is 22.2 Å². The molecule has 0 spiro atoms. The van der Waals surface area contributed by atoms with Crippen molar-refractivity contribution in [1.82, 2.24) is 19.9 Å². The number of aromatic nitrogens is 3. The number of benzene rings is 2. The molecule has 5 heteroatoms. The number of imidazole rings is 1. The first-order valence-electron chi connectivity index (χ1n) is 9.35. The topological polar surface area (TPSA) is 56.9 Å². The van der Waals surface area contributed by atoms with E-state index in [1.165, 1.54) is 16.5 Å². The van der Waals surface area contributed by atoms with Gasteiger partial charge in [-0.25, -0.2) is 4.98 Å². The Morgan fingerprint density at radius 2 is 1.93 bits per heavy atom. The van der Waals surface area contributed by atoms with Crippen molar-refractivity contribution in [1.29, 1.82) is 0 Å². The molecule has 3 heterocycles. The van der Waals surface area contributed by atoms with E-state index in [0.29, 0.717) is 6.61 Å². The first-order valence-corrected chi connectivity index (χ1v) is 9.35. The highest BCUT2D eigenvalue weighted by molar-refractivity contribution is 5.82. The molecule has 1 saturated heterocycles. The zero-order valence-corrected chi connectivity index (χ0v) is 15.1. The van der Waals surface area contributed by atoms with Crippen LogP contribution in [0.2, 0.25) is 0 Å². The van der Waals surface area contributed by atoms with Crippen molar-refractivity contribution in [3.05, 3.63) is 78.4 Å². The van der Waals surface area contributed by atoms with Crippen LogP contribution < -0.4 is 0 Å². The fourth-order valence-corrected chi connectivity index (χ4v) is 3.83. The Kier molecular flexibility index (Phi) is 4.24. The van der Waals surface area contributed by atoms with Gasteiger partial charge in [0.25, 0.3) is 0 Å². The largest absolute Gasteiger partial charge is 0.378 e. The minimum absolute atomic E-state index is 0.130. The summed E-state index contributed by atoms with van der Waals surface area (Å²) in [6.07, 6.45) is 4.04. The van der Waals surface area contributed by atoms with Crippen molar-refractivity contribution in [2.45, 2.75) is 12.6 Å². The molecule has 0 amide bonds. The van der Waals surface area contributed by atoms with E-state index in [2.05, 4.69) is 62.4 Å². The van der Waals surface area contributed by atoms with Gasteiger partial charge in [0.05, 0.1) is 31.1 Å². The van der Waals surface area contributed by atoms with Crippen molar-refractivity contribution in [3.63, 3.8) is 0 Å². The average Bonchev–Trinajstić information content (AvgIpc) is 3.37. The number of aromatic amines is 2. The summed E-state index contributed by atoms with van der Waals surface area (Å²) in [6, 6.07) is 18.9. The second kappa shape index (κ2) is 7.02. The number of fused-ring (bicyclic) bond motifs is 1. The Morgan fingerprint density at radius 1 is 1.07 bits per heavy atom. The lowest BCUT2D eigenvalue weighted by molar-refractivity contribution is -0.0154. The van der Waals surface area contributed by atoms with Crippen LogP contribution in [-0.2, 0) is 11.3 Å². The van der Waals surface area contributed by atoms with Gasteiger partial charge in [0.2, 0.25) is 0 Å². The molecule has 2 aromatic heterocycles. The van der Waals surface area contributed by atoms with Crippen LogP contribution in [0.15, 0.2) is 67.0 Å². The molecule has 0 unspecified atom stereocenters. The van der Waals surface area contributed by atoms with Crippen molar-refractivity contribution >= 4 is 10.9 Å². The zero-order chi connectivity index (χ0) is 18.1. The molecule has 136 valence electrons. The van der Waals surface area contributed by atoms with Crippen molar-refractivity contribution in [2.24, 2.45) is 0 Å². The summed E-state index contributed by atoms with van der Waals surface area (Å²) in [5, 5.41) is 1.28. The predicted octanol–water partition coefficient (Wildman–Crippen LogP) is 4.13. The smallest absolute Gasteiger partial charge is 0.126 e. The average molecular weight is 358 g/mol. The number of hydrogen-bond acceptors (Lipinski definition) is 3. The Morgan fingerprint density at radius 3 is 2.85 bits per heavy atom. The highest BCUT2D eigenvalue weighted by Gasteiger charge is 2.27. The maximum Gasteiger partial charge on any atom is 0.126 e. The van der Waals surface area contributed by atoms with E-state index < -0.39 is 0 Å². The Balaban J connectivity index is 1.42. The first kappa shape index (κ1) is 16.3. The van der Waals surface area contributed by atoms with Gasteiger partial charge in [0.1, 0.15) is 5.82 Å². The fourth-order valence-electron chi connectivity index (χ4n) is 3.83. The van der Waals surface area contributed by atoms with Crippen LogP contribution in [0.4, 0.5) is 0 Å². The summed E-state index contributed by atoms with van der Waals surface area (Å²) < 4.78 is 5.78. The van der Waals surface area contributed by atoms with E-state index in [0.717, 1.165) is 36.8 Å². The van der Waals surface area contributed by atoms with Crippen LogP contribution in [0.3, 0.4) is 0 Å². The number of morpholine rings is 1. The monoisotopic (exact) mass is 358 g/mol. The second-order valence-corrected chi connectivity index (χ2v) is 6.97. The molecular weight excluding hydrogens is 336 g/mol. The number of para-hydroxylation sites is 1. The van der Waals surface area contributed by atoms with E-state index in [9.17, 15) is 0 Å². The van der Waals surface area contributed by atoms with Crippen LogP contribution in [0.5, 0.6) is 0 Å².